The first-order valence-electron chi connectivity index (χ1n) is 6.22. The molecule has 2 N–H and O–H groups in total. The monoisotopic (exact) mass is 273 g/mol. The van der Waals surface area contributed by atoms with Crippen molar-refractivity contribution in [3.8, 4) is 0 Å². The Balaban J connectivity index is 1.95. The van der Waals surface area contributed by atoms with Gasteiger partial charge in [-0.25, -0.2) is 8.42 Å². The second kappa shape index (κ2) is 5.36. The first kappa shape index (κ1) is 13.5. The summed E-state index contributed by atoms with van der Waals surface area (Å²) in [5.74, 6) is 1.76. The van der Waals surface area contributed by atoms with E-state index in [1.807, 2.05) is 6.92 Å². The van der Waals surface area contributed by atoms with Crippen LogP contribution in [-0.4, -0.2) is 36.1 Å². The highest BCUT2D eigenvalue weighted by Crippen LogP contribution is 2.21. The van der Waals surface area contributed by atoms with Crippen molar-refractivity contribution >= 4 is 9.84 Å². The molecular formula is C11H19N3O3S. The molecular weight excluding hydrogens is 254 g/mol. The maximum Gasteiger partial charge on any atom is 0.226 e. The molecule has 2 rings (SSSR count). The van der Waals surface area contributed by atoms with Gasteiger partial charge in [-0.1, -0.05) is 5.16 Å². The van der Waals surface area contributed by atoms with Crippen molar-refractivity contribution in [1.29, 1.82) is 0 Å². The summed E-state index contributed by atoms with van der Waals surface area (Å²) in [7, 11) is -2.87. The van der Waals surface area contributed by atoms with Gasteiger partial charge in [-0.3, -0.25) is 0 Å². The third kappa shape index (κ3) is 3.78. The minimum Gasteiger partial charge on any atom is -0.339 e. The second-order valence-corrected chi connectivity index (χ2v) is 7.34. The molecule has 102 valence electrons. The number of hydrogen-bond acceptors (Lipinski definition) is 6. The Bertz CT molecular complexity index is 495. The van der Waals surface area contributed by atoms with Crippen molar-refractivity contribution in [2.75, 3.05) is 11.5 Å². The summed E-state index contributed by atoms with van der Waals surface area (Å²) in [5.41, 5.74) is 5.65. The molecule has 1 saturated heterocycles. The molecule has 1 aliphatic heterocycles. The van der Waals surface area contributed by atoms with E-state index in [0.29, 0.717) is 30.3 Å². The first-order chi connectivity index (χ1) is 8.44. The molecule has 1 aliphatic rings. The molecule has 0 aromatic carbocycles. The molecule has 18 heavy (non-hydrogen) atoms. The molecule has 1 fully saturated rings. The van der Waals surface area contributed by atoms with Crippen molar-refractivity contribution in [1.82, 2.24) is 10.1 Å². The number of nitrogens with zero attached hydrogens (tertiary/aromatic N) is 2. The van der Waals surface area contributed by atoms with Crippen molar-refractivity contribution in [3.05, 3.63) is 11.7 Å². The highest BCUT2D eigenvalue weighted by molar-refractivity contribution is 7.91. The Hall–Kier alpha value is -0.950. The summed E-state index contributed by atoms with van der Waals surface area (Å²) in [6, 6.07) is -0.00879. The SMILES string of the molecule is CC(N)Cc1noc(CC2CCCS(=O)(=O)C2)n1. The van der Waals surface area contributed by atoms with E-state index in [4.69, 9.17) is 10.3 Å². The zero-order valence-electron chi connectivity index (χ0n) is 10.5. The van der Waals surface area contributed by atoms with Gasteiger partial charge in [0, 0.05) is 18.9 Å². The molecule has 0 aliphatic carbocycles. The lowest BCUT2D eigenvalue weighted by Gasteiger charge is -2.19. The van der Waals surface area contributed by atoms with E-state index in [1.165, 1.54) is 0 Å². The summed E-state index contributed by atoms with van der Waals surface area (Å²) in [4.78, 5) is 4.24. The van der Waals surface area contributed by atoms with Crippen LogP contribution in [0.3, 0.4) is 0 Å². The molecule has 1 aromatic heterocycles. The van der Waals surface area contributed by atoms with E-state index in [1.54, 1.807) is 0 Å². The molecule has 0 bridgehead atoms. The summed E-state index contributed by atoms with van der Waals surface area (Å²) in [6.45, 7) is 1.88. The van der Waals surface area contributed by atoms with Crippen molar-refractivity contribution in [2.45, 2.75) is 38.6 Å². The zero-order valence-corrected chi connectivity index (χ0v) is 11.3. The molecule has 2 atom stereocenters. The summed E-state index contributed by atoms with van der Waals surface area (Å²) < 4.78 is 28.2. The van der Waals surface area contributed by atoms with Gasteiger partial charge >= 0.3 is 0 Å². The highest BCUT2D eigenvalue weighted by Gasteiger charge is 2.26. The van der Waals surface area contributed by atoms with Crippen LogP contribution >= 0.6 is 0 Å². The fourth-order valence-electron chi connectivity index (χ4n) is 2.27. The standard InChI is InChI=1S/C11H19N3O3S/c1-8(12)5-10-13-11(17-14-10)6-9-3-2-4-18(15,16)7-9/h8-9H,2-7,12H2,1H3. The smallest absolute Gasteiger partial charge is 0.226 e. The number of nitrogens with two attached hydrogens (primary N) is 1. The molecule has 0 saturated carbocycles. The van der Waals surface area contributed by atoms with Crippen molar-refractivity contribution < 1.29 is 12.9 Å². The number of sulfone groups is 1. The van der Waals surface area contributed by atoms with E-state index in [2.05, 4.69) is 10.1 Å². The second-order valence-electron chi connectivity index (χ2n) is 5.11. The molecule has 6 nitrogen and oxygen atoms in total. The maximum absolute atomic E-state index is 11.5. The molecule has 2 unspecified atom stereocenters. The van der Waals surface area contributed by atoms with Gasteiger partial charge in [0.15, 0.2) is 15.7 Å². The molecule has 0 amide bonds. The van der Waals surface area contributed by atoms with E-state index < -0.39 is 9.84 Å². The highest BCUT2D eigenvalue weighted by atomic mass is 32.2. The molecule has 0 radical (unpaired) electrons. The van der Waals surface area contributed by atoms with Gasteiger partial charge in [-0.05, 0) is 25.7 Å². The largest absolute Gasteiger partial charge is 0.339 e. The Morgan fingerprint density at radius 2 is 2.33 bits per heavy atom. The van der Waals surface area contributed by atoms with Gasteiger partial charge < -0.3 is 10.3 Å². The Morgan fingerprint density at radius 1 is 1.56 bits per heavy atom. The molecule has 0 spiro atoms. The van der Waals surface area contributed by atoms with Gasteiger partial charge in [-0.15, -0.1) is 0 Å². The van der Waals surface area contributed by atoms with Crippen LogP contribution in [0.15, 0.2) is 4.52 Å². The molecule has 7 heteroatoms. The van der Waals surface area contributed by atoms with Gasteiger partial charge in [0.1, 0.15) is 0 Å². The van der Waals surface area contributed by atoms with Crippen LogP contribution in [0, 0.1) is 5.92 Å². The quantitative estimate of drug-likeness (QED) is 0.848. The Morgan fingerprint density at radius 3 is 3.00 bits per heavy atom. The van der Waals surface area contributed by atoms with Gasteiger partial charge in [0.2, 0.25) is 5.89 Å². The van der Waals surface area contributed by atoms with Crippen LogP contribution in [0.4, 0.5) is 0 Å². The van der Waals surface area contributed by atoms with E-state index in [9.17, 15) is 8.42 Å². The van der Waals surface area contributed by atoms with Gasteiger partial charge in [0.05, 0.1) is 11.5 Å². The third-order valence-corrected chi connectivity index (χ3v) is 4.93. The van der Waals surface area contributed by atoms with Crippen LogP contribution in [0.1, 0.15) is 31.5 Å². The normalized spacial score (nSPS) is 24.9. The minimum absolute atomic E-state index is 0.00879. The predicted octanol–water partition coefficient (Wildman–Crippen LogP) is 0.327. The lowest BCUT2D eigenvalue weighted by molar-refractivity contribution is 0.345. The number of hydrogen-bond donors (Lipinski definition) is 1. The Labute approximate surface area is 107 Å². The first-order valence-corrected chi connectivity index (χ1v) is 8.04. The van der Waals surface area contributed by atoms with E-state index in [-0.39, 0.29) is 17.7 Å². The fraction of sp³-hybridized carbons (Fsp3) is 0.818. The van der Waals surface area contributed by atoms with E-state index in [0.717, 1.165) is 12.8 Å². The average molecular weight is 273 g/mol. The Kier molecular flexibility index (Phi) is 4.01. The zero-order chi connectivity index (χ0) is 13.2. The summed E-state index contributed by atoms with van der Waals surface area (Å²) in [5, 5.41) is 3.84. The lowest BCUT2D eigenvalue weighted by atomic mass is 10.0. The number of rotatable bonds is 4. The fourth-order valence-corrected chi connectivity index (χ4v) is 4.05. The van der Waals surface area contributed by atoms with Crippen LogP contribution in [0.5, 0.6) is 0 Å². The van der Waals surface area contributed by atoms with Crippen LogP contribution in [-0.2, 0) is 22.7 Å². The predicted molar refractivity (Wildman–Crippen MR) is 66.7 cm³/mol. The summed E-state index contributed by atoms with van der Waals surface area (Å²) >= 11 is 0. The minimum atomic E-state index is -2.87. The van der Waals surface area contributed by atoms with E-state index >= 15 is 0 Å². The molecule has 1 aromatic rings. The van der Waals surface area contributed by atoms with Gasteiger partial charge in [-0.2, -0.15) is 4.98 Å². The maximum atomic E-state index is 11.5. The third-order valence-electron chi connectivity index (χ3n) is 3.04. The average Bonchev–Trinajstić information content (AvgIpc) is 2.62. The van der Waals surface area contributed by atoms with Crippen LogP contribution in [0.25, 0.3) is 0 Å². The molecule has 2 heterocycles. The van der Waals surface area contributed by atoms with Crippen molar-refractivity contribution in [2.24, 2.45) is 11.7 Å². The van der Waals surface area contributed by atoms with Crippen molar-refractivity contribution in [3.63, 3.8) is 0 Å². The van der Waals surface area contributed by atoms with Crippen LogP contribution in [0.2, 0.25) is 0 Å². The van der Waals surface area contributed by atoms with Crippen LogP contribution < -0.4 is 5.73 Å². The topological polar surface area (TPSA) is 99.1 Å². The van der Waals surface area contributed by atoms with Gasteiger partial charge in [0.25, 0.3) is 0 Å². The lowest BCUT2D eigenvalue weighted by Crippen LogP contribution is -2.26. The summed E-state index contributed by atoms with van der Waals surface area (Å²) in [6.07, 6.45) is 2.76. The number of aromatic nitrogens is 2.